The molecule has 1 aromatic rings. The van der Waals surface area contributed by atoms with Gasteiger partial charge < -0.3 is 14.2 Å². The third kappa shape index (κ3) is 4.14. The van der Waals surface area contributed by atoms with E-state index in [0.717, 1.165) is 57.7 Å². The molecule has 3 aliphatic rings. The number of nitrogens with zero attached hydrogens (tertiary/aromatic N) is 1. The van der Waals surface area contributed by atoms with Gasteiger partial charge in [0.25, 0.3) is 0 Å². The summed E-state index contributed by atoms with van der Waals surface area (Å²) in [6, 6.07) is 7.06. The van der Waals surface area contributed by atoms with Crippen molar-refractivity contribution in [1.82, 2.24) is 4.31 Å². The van der Waals surface area contributed by atoms with Crippen LogP contribution >= 0.6 is 0 Å². The molecule has 3 aliphatic heterocycles. The molecule has 0 N–H and O–H groups in total. The van der Waals surface area contributed by atoms with Crippen molar-refractivity contribution in [2.75, 3.05) is 46.1 Å². The molecule has 28 heavy (non-hydrogen) atoms. The van der Waals surface area contributed by atoms with Crippen molar-refractivity contribution in [2.24, 2.45) is 11.8 Å². The van der Waals surface area contributed by atoms with Crippen molar-refractivity contribution in [2.45, 2.75) is 43.1 Å². The summed E-state index contributed by atoms with van der Waals surface area (Å²) < 4.78 is 44.6. The Morgan fingerprint density at radius 1 is 1.11 bits per heavy atom. The molecule has 0 amide bonds. The molecule has 3 fully saturated rings. The molecule has 1 spiro atoms. The van der Waals surface area contributed by atoms with Crippen LogP contribution in [-0.2, 0) is 24.2 Å². The maximum Gasteiger partial charge on any atom is 0.243 e. The summed E-state index contributed by atoms with van der Waals surface area (Å²) in [4.78, 5) is 0.363. The lowest BCUT2D eigenvalue weighted by molar-refractivity contribution is -0.106. The average Bonchev–Trinajstić information content (AvgIpc) is 3.09. The fourth-order valence-electron chi connectivity index (χ4n) is 4.51. The first-order chi connectivity index (χ1) is 13.5. The van der Waals surface area contributed by atoms with Crippen LogP contribution in [0.5, 0.6) is 0 Å². The van der Waals surface area contributed by atoms with Crippen LogP contribution in [0.4, 0.5) is 0 Å². The van der Waals surface area contributed by atoms with E-state index in [4.69, 9.17) is 14.2 Å². The number of hydrogen-bond donors (Lipinski definition) is 0. The molecule has 1 aromatic carbocycles. The number of ether oxygens (including phenoxy) is 3. The number of sulfonamides is 1. The van der Waals surface area contributed by atoms with Gasteiger partial charge in [0.1, 0.15) is 0 Å². The Morgan fingerprint density at radius 3 is 2.54 bits per heavy atom. The lowest BCUT2D eigenvalue weighted by atomic mass is 9.80. The van der Waals surface area contributed by atoms with Crippen LogP contribution in [0.2, 0.25) is 0 Å². The molecule has 6 nitrogen and oxygen atoms in total. The predicted octanol–water partition coefficient (Wildman–Crippen LogP) is 2.61. The van der Waals surface area contributed by atoms with Gasteiger partial charge >= 0.3 is 0 Å². The van der Waals surface area contributed by atoms with Crippen molar-refractivity contribution < 1.29 is 22.6 Å². The predicted molar refractivity (Wildman–Crippen MR) is 106 cm³/mol. The Balaban J connectivity index is 1.27. The smallest absolute Gasteiger partial charge is 0.243 e. The first-order valence-electron chi connectivity index (χ1n) is 10.4. The van der Waals surface area contributed by atoms with Crippen LogP contribution in [0.1, 0.15) is 31.2 Å². The molecule has 7 heteroatoms. The Bertz CT molecular complexity index is 752. The zero-order valence-electron chi connectivity index (χ0n) is 16.6. The van der Waals surface area contributed by atoms with Gasteiger partial charge in [-0.1, -0.05) is 17.7 Å². The molecular weight excluding hydrogens is 378 g/mol. The van der Waals surface area contributed by atoms with Gasteiger partial charge in [0.2, 0.25) is 10.0 Å². The maximum atomic E-state index is 12.8. The number of hydrogen-bond acceptors (Lipinski definition) is 5. The highest BCUT2D eigenvalue weighted by Crippen LogP contribution is 2.43. The lowest BCUT2D eigenvalue weighted by Gasteiger charge is -2.49. The Labute approximate surface area is 168 Å². The van der Waals surface area contributed by atoms with Crippen LogP contribution in [0, 0.1) is 18.8 Å². The minimum absolute atomic E-state index is 0.320. The Hall–Kier alpha value is -0.990. The first kappa shape index (κ1) is 20.3. The molecule has 0 unspecified atom stereocenters. The van der Waals surface area contributed by atoms with E-state index in [1.807, 2.05) is 19.1 Å². The van der Waals surface area contributed by atoms with Crippen LogP contribution in [0.3, 0.4) is 0 Å². The summed E-state index contributed by atoms with van der Waals surface area (Å²) in [6.45, 7) is 6.79. The van der Waals surface area contributed by atoms with Crippen LogP contribution in [0.25, 0.3) is 0 Å². The van der Waals surface area contributed by atoms with Crippen molar-refractivity contribution in [3.05, 3.63) is 29.8 Å². The average molecular weight is 410 g/mol. The van der Waals surface area contributed by atoms with Crippen molar-refractivity contribution >= 4 is 10.0 Å². The van der Waals surface area contributed by atoms with Gasteiger partial charge in [-0.05, 0) is 56.6 Å². The van der Waals surface area contributed by atoms with E-state index >= 15 is 0 Å². The first-order valence-corrected chi connectivity index (χ1v) is 11.8. The third-order valence-electron chi connectivity index (χ3n) is 6.45. The fraction of sp³-hybridized carbons (Fsp3) is 0.714. The second-order valence-electron chi connectivity index (χ2n) is 8.40. The van der Waals surface area contributed by atoms with Crippen LogP contribution in [0.15, 0.2) is 29.2 Å². The topological polar surface area (TPSA) is 65.1 Å². The molecule has 0 aliphatic carbocycles. The van der Waals surface area contributed by atoms with E-state index in [1.165, 1.54) is 0 Å². The van der Waals surface area contributed by atoms with E-state index in [-0.39, 0.29) is 5.60 Å². The summed E-state index contributed by atoms with van der Waals surface area (Å²) in [7, 11) is -3.44. The van der Waals surface area contributed by atoms with Gasteiger partial charge in [-0.3, -0.25) is 0 Å². The van der Waals surface area contributed by atoms with Gasteiger partial charge in [-0.25, -0.2) is 8.42 Å². The number of benzene rings is 1. The molecule has 0 saturated carbocycles. The molecule has 3 heterocycles. The summed E-state index contributed by atoms with van der Waals surface area (Å²) in [5.74, 6) is 0.980. The molecule has 0 radical (unpaired) electrons. The SMILES string of the molecule is Cc1ccc(S(=O)(=O)N2CC3(C2)OCC[C@@H]3CCOCC2CCOCC2)cc1. The quantitative estimate of drug-likeness (QED) is 0.648. The molecule has 156 valence electrons. The molecule has 4 rings (SSSR count). The van der Waals surface area contributed by atoms with E-state index in [2.05, 4.69) is 0 Å². The summed E-state index contributed by atoms with van der Waals surface area (Å²) in [6.07, 6.45) is 4.09. The highest BCUT2D eigenvalue weighted by atomic mass is 32.2. The van der Waals surface area contributed by atoms with E-state index in [9.17, 15) is 8.42 Å². The van der Waals surface area contributed by atoms with Gasteiger partial charge in [0.05, 0.1) is 10.5 Å². The molecule has 0 aromatic heterocycles. The second-order valence-corrected chi connectivity index (χ2v) is 10.3. The van der Waals surface area contributed by atoms with E-state index in [1.54, 1.807) is 16.4 Å². The van der Waals surface area contributed by atoms with Crippen LogP contribution in [-0.4, -0.2) is 64.4 Å². The summed E-state index contributed by atoms with van der Waals surface area (Å²) in [5, 5.41) is 0. The van der Waals surface area contributed by atoms with Gasteiger partial charge in [0, 0.05) is 46.1 Å². The molecule has 3 saturated heterocycles. The summed E-state index contributed by atoms with van der Waals surface area (Å²) in [5.41, 5.74) is 0.735. The van der Waals surface area contributed by atoms with Crippen molar-refractivity contribution in [3.63, 3.8) is 0 Å². The zero-order valence-corrected chi connectivity index (χ0v) is 17.5. The third-order valence-corrected chi connectivity index (χ3v) is 8.26. The van der Waals surface area contributed by atoms with Gasteiger partial charge in [-0.2, -0.15) is 4.31 Å². The molecule has 1 atom stereocenters. The minimum atomic E-state index is -3.44. The van der Waals surface area contributed by atoms with Crippen molar-refractivity contribution in [1.29, 1.82) is 0 Å². The zero-order chi connectivity index (χ0) is 19.6. The number of aryl methyl sites for hydroxylation is 1. The largest absolute Gasteiger partial charge is 0.381 e. The maximum absolute atomic E-state index is 12.8. The van der Waals surface area contributed by atoms with E-state index < -0.39 is 10.0 Å². The fourth-order valence-corrected chi connectivity index (χ4v) is 6.07. The molecule has 0 bridgehead atoms. The Kier molecular flexibility index (Phi) is 6.09. The highest BCUT2D eigenvalue weighted by molar-refractivity contribution is 7.89. The lowest BCUT2D eigenvalue weighted by Crippen LogP contribution is -2.65. The standard InChI is InChI=1S/C21H31NO5S/c1-17-2-4-20(5-3-17)28(23,24)22-15-21(16-22)19(9-13-27-21)8-12-26-14-18-6-10-25-11-7-18/h2-5,18-19H,6-16H2,1H3/t19-/m0/s1. The van der Waals surface area contributed by atoms with E-state index in [0.29, 0.717) is 36.4 Å². The minimum Gasteiger partial charge on any atom is -0.381 e. The second kappa shape index (κ2) is 8.40. The Morgan fingerprint density at radius 2 is 1.82 bits per heavy atom. The van der Waals surface area contributed by atoms with Gasteiger partial charge in [0.15, 0.2) is 0 Å². The van der Waals surface area contributed by atoms with Crippen molar-refractivity contribution in [3.8, 4) is 0 Å². The summed E-state index contributed by atoms with van der Waals surface area (Å²) >= 11 is 0. The van der Waals surface area contributed by atoms with Crippen LogP contribution < -0.4 is 0 Å². The highest BCUT2D eigenvalue weighted by Gasteiger charge is 2.56. The monoisotopic (exact) mass is 409 g/mol. The number of rotatable bonds is 7. The molecular formula is C21H31NO5S. The normalized spacial score (nSPS) is 25.8. The van der Waals surface area contributed by atoms with Gasteiger partial charge in [-0.15, -0.1) is 0 Å².